The van der Waals surface area contributed by atoms with Crippen molar-refractivity contribution in [3.05, 3.63) is 95.3 Å². The molecule has 122 valence electrons. The summed E-state index contributed by atoms with van der Waals surface area (Å²) in [6.07, 6.45) is 1.74. The maximum atomic E-state index is 11.7. The van der Waals surface area contributed by atoms with Gasteiger partial charge in [-0.1, -0.05) is 36.4 Å². The SMILES string of the molecule is CC(=O)c1ccc(C#N)c(NC(c2ccccc2)c2ccccn2)c1. The van der Waals surface area contributed by atoms with Gasteiger partial charge in [0.2, 0.25) is 0 Å². The fourth-order valence-corrected chi connectivity index (χ4v) is 2.66. The third-order valence-electron chi connectivity index (χ3n) is 3.96. The molecule has 1 heterocycles. The number of Topliss-reactive ketones (excluding diaryl/α,β-unsaturated/α-hetero) is 1. The maximum Gasteiger partial charge on any atom is 0.159 e. The molecule has 1 atom stereocenters. The normalized spacial score (nSPS) is 11.4. The predicted molar refractivity (Wildman–Crippen MR) is 97.3 cm³/mol. The van der Waals surface area contributed by atoms with Crippen molar-refractivity contribution in [2.45, 2.75) is 13.0 Å². The molecule has 0 radical (unpaired) electrons. The molecule has 0 bridgehead atoms. The number of carbonyl (C=O) groups is 1. The van der Waals surface area contributed by atoms with E-state index in [1.165, 1.54) is 6.92 Å². The van der Waals surface area contributed by atoms with Crippen LogP contribution < -0.4 is 5.32 Å². The Morgan fingerprint density at radius 3 is 2.48 bits per heavy atom. The zero-order chi connectivity index (χ0) is 17.6. The highest BCUT2D eigenvalue weighted by atomic mass is 16.1. The Labute approximate surface area is 146 Å². The van der Waals surface area contributed by atoms with Crippen LogP contribution in [0.3, 0.4) is 0 Å². The van der Waals surface area contributed by atoms with Gasteiger partial charge >= 0.3 is 0 Å². The van der Waals surface area contributed by atoms with Gasteiger partial charge in [-0.25, -0.2) is 0 Å². The lowest BCUT2D eigenvalue weighted by molar-refractivity contribution is 0.101. The summed E-state index contributed by atoms with van der Waals surface area (Å²) in [6, 6.07) is 22.6. The van der Waals surface area contributed by atoms with E-state index in [0.717, 1.165) is 11.3 Å². The van der Waals surface area contributed by atoms with E-state index in [1.54, 1.807) is 24.4 Å². The van der Waals surface area contributed by atoms with Crippen LogP contribution in [0, 0.1) is 11.3 Å². The molecule has 0 fully saturated rings. The number of pyridine rings is 1. The summed E-state index contributed by atoms with van der Waals surface area (Å²) in [4.78, 5) is 16.2. The van der Waals surface area contributed by atoms with Crippen molar-refractivity contribution < 1.29 is 4.79 Å². The van der Waals surface area contributed by atoms with E-state index in [-0.39, 0.29) is 11.8 Å². The molecule has 3 rings (SSSR count). The van der Waals surface area contributed by atoms with Gasteiger partial charge < -0.3 is 5.32 Å². The number of anilines is 1. The molecule has 4 heteroatoms. The van der Waals surface area contributed by atoms with E-state index in [2.05, 4.69) is 16.4 Å². The lowest BCUT2D eigenvalue weighted by Gasteiger charge is -2.21. The van der Waals surface area contributed by atoms with Crippen molar-refractivity contribution in [2.75, 3.05) is 5.32 Å². The minimum absolute atomic E-state index is 0.0402. The second kappa shape index (κ2) is 7.41. The third kappa shape index (κ3) is 3.73. The van der Waals surface area contributed by atoms with Gasteiger partial charge in [-0.2, -0.15) is 5.26 Å². The predicted octanol–water partition coefficient (Wildman–Crippen LogP) is 4.36. The first-order valence-electron chi connectivity index (χ1n) is 7.96. The van der Waals surface area contributed by atoms with E-state index < -0.39 is 0 Å². The van der Waals surface area contributed by atoms with Gasteiger partial charge in [0.05, 0.1) is 23.0 Å². The molecule has 0 aliphatic carbocycles. The molecule has 1 unspecified atom stereocenters. The van der Waals surface area contributed by atoms with E-state index in [0.29, 0.717) is 16.8 Å². The van der Waals surface area contributed by atoms with Gasteiger partial charge in [0.1, 0.15) is 6.07 Å². The molecule has 1 N–H and O–H groups in total. The minimum atomic E-state index is -0.225. The van der Waals surface area contributed by atoms with Gasteiger partial charge in [-0.15, -0.1) is 0 Å². The van der Waals surface area contributed by atoms with Crippen molar-refractivity contribution in [1.82, 2.24) is 4.98 Å². The topological polar surface area (TPSA) is 65.8 Å². The Kier molecular flexibility index (Phi) is 4.87. The number of hydrogen-bond donors (Lipinski definition) is 1. The van der Waals surface area contributed by atoms with Gasteiger partial charge in [0, 0.05) is 11.8 Å². The number of rotatable bonds is 5. The number of ketones is 1. The average molecular weight is 327 g/mol. The van der Waals surface area contributed by atoms with E-state index >= 15 is 0 Å². The molecule has 0 saturated carbocycles. The first-order chi connectivity index (χ1) is 12.2. The quantitative estimate of drug-likeness (QED) is 0.707. The molecule has 0 amide bonds. The summed E-state index contributed by atoms with van der Waals surface area (Å²) in [5, 5.41) is 12.8. The lowest BCUT2D eigenvalue weighted by atomic mass is 10.0. The van der Waals surface area contributed by atoms with Gasteiger partial charge in [-0.3, -0.25) is 9.78 Å². The lowest BCUT2D eigenvalue weighted by Crippen LogP contribution is -2.15. The fraction of sp³-hybridized carbons (Fsp3) is 0.0952. The Balaban J connectivity index is 2.06. The summed E-state index contributed by atoms with van der Waals surface area (Å²) < 4.78 is 0. The van der Waals surface area contributed by atoms with Gasteiger partial charge in [-0.05, 0) is 42.8 Å². The van der Waals surface area contributed by atoms with E-state index in [9.17, 15) is 10.1 Å². The van der Waals surface area contributed by atoms with Crippen LogP contribution in [0.5, 0.6) is 0 Å². The number of nitrogens with zero attached hydrogens (tertiary/aromatic N) is 2. The van der Waals surface area contributed by atoms with Crippen molar-refractivity contribution in [3.8, 4) is 6.07 Å². The van der Waals surface area contributed by atoms with Crippen molar-refractivity contribution in [2.24, 2.45) is 0 Å². The van der Waals surface area contributed by atoms with Crippen molar-refractivity contribution in [3.63, 3.8) is 0 Å². The first-order valence-corrected chi connectivity index (χ1v) is 7.96. The highest BCUT2D eigenvalue weighted by molar-refractivity contribution is 5.95. The summed E-state index contributed by atoms with van der Waals surface area (Å²) in [5.74, 6) is -0.0402. The Hall–Kier alpha value is -3.45. The molecule has 0 spiro atoms. The summed E-state index contributed by atoms with van der Waals surface area (Å²) in [7, 11) is 0. The van der Waals surface area contributed by atoms with Crippen LogP contribution in [0.2, 0.25) is 0 Å². The standard InChI is InChI=1S/C21H17N3O/c1-15(25)17-10-11-18(14-22)20(13-17)24-21(16-7-3-2-4-8-16)19-9-5-6-12-23-19/h2-13,21,24H,1H3. The molecule has 25 heavy (non-hydrogen) atoms. The largest absolute Gasteiger partial charge is 0.372 e. The Bertz CT molecular complexity index is 875. The molecular formula is C21H17N3O. The number of carbonyl (C=O) groups excluding carboxylic acids is 1. The van der Waals surface area contributed by atoms with Crippen molar-refractivity contribution >= 4 is 11.5 Å². The molecule has 0 aliphatic heterocycles. The highest BCUT2D eigenvalue weighted by Crippen LogP contribution is 2.28. The first kappa shape index (κ1) is 16.4. The minimum Gasteiger partial charge on any atom is -0.372 e. The molecule has 3 aromatic rings. The third-order valence-corrected chi connectivity index (χ3v) is 3.96. The Morgan fingerprint density at radius 2 is 1.84 bits per heavy atom. The second-order valence-corrected chi connectivity index (χ2v) is 5.67. The van der Waals surface area contributed by atoms with Crippen LogP contribution in [0.1, 0.15) is 40.1 Å². The smallest absolute Gasteiger partial charge is 0.159 e. The number of nitrogens with one attached hydrogen (secondary N) is 1. The highest BCUT2D eigenvalue weighted by Gasteiger charge is 2.17. The zero-order valence-corrected chi connectivity index (χ0v) is 13.8. The molecule has 2 aromatic carbocycles. The average Bonchev–Trinajstić information content (AvgIpc) is 2.67. The van der Waals surface area contributed by atoms with Crippen molar-refractivity contribution in [1.29, 1.82) is 5.26 Å². The van der Waals surface area contributed by atoms with E-state index in [4.69, 9.17) is 0 Å². The number of aromatic nitrogens is 1. The molecule has 0 saturated heterocycles. The summed E-state index contributed by atoms with van der Waals surface area (Å²) >= 11 is 0. The number of benzene rings is 2. The molecule has 1 aromatic heterocycles. The fourth-order valence-electron chi connectivity index (χ4n) is 2.66. The van der Waals surface area contributed by atoms with Crippen LogP contribution in [-0.4, -0.2) is 10.8 Å². The van der Waals surface area contributed by atoms with Gasteiger partial charge in [0.25, 0.3) is 0 Å². The summed E-state index contributed by atoms with van der Waals surface area (Å²) in [5.41, 5.74) is 3.54. The van der Waals surface area contributed by atoms with Gasteiger partial charge in [0.15, 0.2) is 5.78 Å². The van der Waals surface area contributed by atoms with Crippen LogP contribution in [0.4, 0.5) is 5.69 Å². The maximum absolute atomic E-state index is 11.7. The number of hydrogen-bond acceptors (Lipinski definition) is 4. The number of nitriles is 1. The summed E-state index contributed by atoms with van der Waals surface area (Å²) in [6.45, 7) is 1.51. The Morgan fingerprint density at radius 1 is 1.08 bits per heavy atom. The second-order valence-electron chi connectivity index (χ2n) is 5.67. The molecular weight excluding hydrogens is 310 g/mol. The zero-order valence-electron chi connectivity index (χ0n) is 13.8. The molecule has 0 aliphatic rings. The molecule has 4 nitrogen and oxygen atoms in total. The van der Waals surface area contributed by atoms with Crippen LogP contribution in [0.15, 0.2) is 72.9 Å². The monoisotopic (exact) mass is 327 g/mol. The van der Waals surface area contributed by atoms with Crippen LogP contribution in [0.25, 0.3) is 0 Å². The van der Waals surface area contributed by atoms with Crippen LogP contribution in [-0.2, 0) is 0 Å². The van der Waals surface area contributed by atoms with E-state index in [1.807, 2.05) is 48.5 Å². The van der Waals surface area contributed by atoms with Crippen LogP contribution >= 0.6 is 0 Å².